The van der Waals surface area contributed by atoms with Crippen LogP contribution < -0.4 is 11.2 Å². The fourth-order valence-corrected chi connectivity index (χ4v) is 6.06. The van der Waals surface area contributed by atoms with Crippen molar-refractivity contribution in [3.05, 3.63) is 44.1 Å². The number of carbonyl (C=O) groups is 1. The van der Waals surface area contributed by atoms with E-state index >= 15 is 0 Å². The molecule has 3 aromatic heterocycles. The van der Waals surface area contributed by atoms with Gasteiger partial charge in [-0.25, -0.2) is 22.8 Å². The number of amides is 1. The molecule has 1 aliphatic heterocycles. The smallest absolute Gasteiger partial charge is 0.332 e. The lowest BCUT2D eigenvalue weighted by Gasteiger charge is -2.19. The molecule has 0 saturated carbocycles. The number of hydrogen-bond acceptors (Lipinski definition) is 7. The van der Waals surface area contributed by atoms with Crippen LogP contribution in [0.1, 0.15) is 29.4 Å². The zero-order chi connectivity index (χ0) is 24.2. The molecule has 0 aromatic carbocycles. The van der Waals surface area contributed by atoms with E-state index in [4.69, 9.17) is 0 Å². The molecule has 178 valence electrons. The molecule has 0 N–H and O–H groups in total. The van der Waals surface area contributed by atoms with Crippen LogP contribution in [0, 0.1) is 13.8 Å². The molecule has 33 heavy (non-hydrogen) atoms. The summed E-state index contributed by atoms with van der Waals surface area (Å²) in [6.07, 6.45) is 1.96. The van der Waals surface area contributed by atoms with E-state index in [2.05, 4.69) is 10.1 Å². The van der Waals surface area contributed by atoms with Gasteiger partial charge in [0, 0.05) is 38.9 Å². The van der Waals surface area contributed by atoms with Gasteiger partial charge in [0.2, 0.25) is 5.91 Å². The molecule has 0 aliphatic carbocycles. The Hall–Kier alpha value is -3.22. The summed E-state index contributed by atoms with van der Waals surface area (Å²) in [5.41, 5.74) is 1.65. The van der Waals surface area contributed by atoms with Crippen molar-refractivity contribution in [1.29, 1.82) is 0 Å². The number of carbonyl (C=O) groups excluding carboxylic acids is 1. The minimum Gasteiger partial charge on any atom is -0.340 e. The molecular weight excluding hydrogens is 450 g/mol. The van der Waals surface area contributed by atoms with E-state index in [0.29, 0.717) is 12.1 Å². The molecule has 13 heteroatoms. The van der Waals surface area contributed by atoms with Crippen LogP contribution in [0.5, 0.6) is 0 Å². The number of likely N-dealkylation sites (N-methyl/N-ethyl adjacent to an activating group) is 1. The number of fused-ring (bicyclic) bond motifs is 1. The summed E-state index contributed by atoms with van der Waals surface area (Å²) in [6, 6.07) is -0.212. The summed E-state index contributed by atoms with van der Waals surface area (Å²) in [5, 5.41) is 4.53. The Bertz CT molecular complexity index is 1490. The monoisotopic (exact) mass is 477 g/mol. The zero-order valence-electron chi connectivity index (χ0n) is 19.3. The number of aromatic nitrogens is 6. The SMILES string of the molecule is Cc1nn(C2CCS(=O)(=O)C2)c(C)c1CN(C)C(=O)Cn1c(=O)c2c(ncn2C)n(C)c1=O. The summed E-state index contributed by atoms with van der Waals surface area (Å²) < 4.78 is 29.2. The highest BCUT2D eigenvalue weighted by Crippen LogP contribution is 2.27. The molecule has 1 amide bonds. The molecule has 0 spiro atoms. The van der Waals surface area contributed by atoms with Crippen molar-refractivity contribution in [2.45, 2.75) is 39.4 Å². The van der Waals surface area contributed by atoms with Gasteiger partial charge >= 0.3 is 5.69 Å². The van der Waals surface area contributed by atoms with Gasteiger partial charge in [0.15, 0.2) is 21.0 Å². The minimum absolute atomic E-state index is 0.0614. The number of rotatable bonds is 5. The molecule has 4 heterocycles. The lowest BCUT2D eigenvalue weighted by Crippen LogP contribution is -2.43. The molecule has 1 atom stereocenters. The first-order valence-electron chi connectivity index (χ1n) is 10.5. The highest BCUT2D eigenvalue weighted by molar-refractivity contribution is 7.91. The Morgan fingerprint density at radius 3 is 2.58 bits per heavy atom. The van der Waals surface area contributed by atoms with E-state index in [1.807, 2.05) is 13.8 Å². The van der Waals surface area contributed by atoms with Crippen molar-refractivity contribution in [1.82, 2.24) is 33.4 Å². The predicted octanol–water partition coefficient (Wildman–Crippen LogP) is -0.735. The Balaban J connectivity index is 1.58. The highest BCUT2D eigenvalue weighted by Gasteiger charge is 2.31. The first-order valence-corrected chi connectivity index (χ1v) is 12.3. The first-order chi connectivity index (χ1) is 15.4. The topological polar surface area (TPSA) is 134 Å². The van der Waals surface area contributed by atoms with Gasteiger partial charge in [-0.1, -0.05) is 0 Å². The molecule has 12 nitrogen and oxygen atoms in total. The third-order valence-corrected chi connectivity index (χ3v) is 8.09. The van der Waals surface area contributed by atoms with Crippen LogP contribution in [0.4, 0.5) is 0 Å². The molecule has 1 unspecified atom stereocenters. The number of sulfone groups is 1. The standard InChI is InChI=1S/C20H27N7O5S/c1-12-15(13(2)27(22-12)14-6-7-33(31,32)10-14)8-23(3)16(28)9-26-19(29)17-18(21-11-24(17)4)25(5)20(26)30/h11,14H,6-10H2,1-5H3. The molecular formula is C20H27N7O5S. The fourth-order valence-electron chi connectivity index (χ4n) is 4.37. The van der Waals surface area contributed by atoms with Crippen molar-refractivity contribution in [2.24, 2.45) is 14.1 Å². The summed E-state index contributed by atoms with van der Waals surface area (Å²) in [5.74, 6) is -0.203. The molecule has 3 aromatic rings. The molecule has 1 saturated heterocycles. The summed E-state index contributed by atoms with van der Waals surface area (Å²) in [7, 11) is 1.69. The number of nitrogens with zero attached hydrogens (tertiary/aromatic N) is 7. The van der Waals surface area contributed by atoms with Crippen molar-refractivity contribution >= 4 is 26.9 Å². The zero-order valence-corrected chi connectivity index (χ0v) is 20.1. The van der Waals surface area contributed by atoms with Crippen molar-refractivity contribution < 1.29 is 13.2 Å². The summed E-state index contributed by atoms with van der Waals surface area (Å²) in [4.78, 5) is 44.0. The molecule has 4 rings (SSSR count). The van der Waals surface area contributed by atoms with Crippen LogP contribution in [-0.2, 0) is 41.8 Å². The van der Waals surface area contributed by atoms with Gasteiger partial charge in [0.25, 0.3) is 5.56 Å². The van der Waals surface area contributed by atoms with E-state index in [9.17, 15) is 22.8 Å². The van der Waals surface area contributed by atoms with Crippen molar-refractivity contribution in [2.75, 3.05) is 18.6 Å². The van der Waals surface area contributed by atoms with E-state index in [0.717, 1.165) is 15.8 Å². The third kappa shape index (κ3) is 3.90. The first kappa shape index (κ1) is 23.0. The normalized spacial score (nSPS) is 17.7. The number of imidazole rings is 1. The third-order valence-electron chi connectivity index (χ3n) is 6.34. The Morgan fingerprint density at radius 1 is 1.24 bits per heavy atom. The largest absolute Gasteiger partial charge is 0.340 e. The second kappa shape index (κ2) is 7.97. The maximum absolute atomic E-state index is 13.0. The van der Waals surface area contributed by atoms with Crippen molar-refractivity contribution in [3.63, 3.8) is 0 Å². The van der Waals surface area contributed by atoms with Crippen LogP contribution in [-0.4, -0.2) is 66.2 Å². The Morgan fingerprint density at radius 2 is 1.94 bits per heavy atom. The van der Waals surface area contributed by atoms with Gasteiger partial charge in [-0.15, -0.1) is 0 Å². The van der Waals surface area contributed by atoms with Crippen LogP contribution in [0.2, 0.25) is 0 Å². The van der Waals surface area contributed by atoms with Gasteiger partial charge in [0.1, 0.15) is 6.54 Å². The Labute approximate surface area is 190 Å². The van der Waals surface area contributed by atoms with E-state index in [-0.39, 0.29) is 35.3 Å². The second-order valence-corrected chi connectivity index (χ2v) is 10.9. The fraction of sp³-hybridized carbons (Fsp3) is 0.550. The maximum atomic E-state index is 13.0. The predicted molar refractivity (Wildman–Crippen MR) is 121 cm³/mol. The average molecular weight is 478 g/mol. The number of hydrogen-bond donors (Lipinski definition) is 0. The summed E-state index contributed by atoms with van der Waals surface area (Å²) >= 11 is 0. The molecule has 0 bridgehead atoms. The minimum atomic E-state index is -3.06. The molecule has 1 fully saturated rings. The van der Waals surface area contributed by atoms with Gasteiger partial charge < -0.3 is 9.47 Å². The van der Waals surface area contributed by atoms with Crippen LogP contribution in [0.3, 0.4) is 0 Å². The second-order valence-electron chi connectivity index (χ2n) is 8.66. The average Bonchev–Trinajstić information content (AvgIpc) is 3.40. The van der Waals surface area contributed by atoms with Crippen LogP contribution in [0.25, 0.3) is 11.2 Å². The molecule has 0 radical (unpaired) electrons. The van der Waals surface area contributed by atoms with E-state index in [1.54, 1.807) is 18.8 Å². The van der Waals surface area contributed by atoms with Gasteiger partial charge in [0.05, 0.1) is 29.6 Å². The van der Waals surface area contributed by atoms with Crippen molar-refractivity contribution in [3.8, 4) is 0 Å². The number of aryl methyl sites for hydroxylation is 3. The Kier molecular flexibility index (Phi) is 5.55. The maximum Gasteiger partial charge on any atom is 0.332 e. The quantitative estimate of drug-likeness (QED) is 0.473. The van der Waals surface area contributed by atoms with Gasteiger partial charge in [-0.2, -0.15) is 5.10 Å². The van der Waals surface area contributed by atoms with Crippen LogP contribution >= 0.6 is 0 Å². The highest BCUT2D eigenvalue weighted by atomic mass is 32.2. The van der Waals surface area contributed by atoms with Crippen LogP contribution in [0.15, 0.2) is 15.9 Å². The van der Waals surface area contributed by atoms with Gasteiger partial charge in [-0.05, 0) is 20.3 Å². The van der Waals surface area contributed by atoms with Gasteiger partial charge in [-0.3, -0.25) is 18.8 Å². The lowest BCUT2D eigenvalue weighted by molar-refractivity contribution is -0.131. The summed E-state index contributed by atoms with van der Waals surface area (Å²) in [6.45, 7) is 3.49. The van der Waals surface area contributed by atoms with E-state index in [1.165, 1.54) is 27.4 Å². The lowest BCUT2D eigenvalue weighted by atomic mass is 10.1. The van der Waals surface area contributed by atoms with E-state index < -0.39 is 33.5 Å². The molecule has 1 aliphatic rings.